The van der Waals surface area contributed by atoms with E-state index in [1.807, 2.05) is 30.3 Å². The Morgan fingerprint density at radius 3 is 2.63 bits per heavy atom. The van der Waals surface area contributed by atoms with Crippen LogP contribution in [-0.2, 0) is 10.2 Å². The van der Waals surface area contributed by atoms with Gasteiger partial charge in [0.1, 0.15) is 5.75 Å². The molecule has 0 unspecified atom stereocenters. The van der Waals surface area contributed by atoms with E-state index in [1.165, 1.54) is 18.5 Å². The molecular formula is C19H21N3O3S2. The number of nitrogens with zero attached hydrogens (tertiary/aromatic N) is 3. The molecule has 0 N–H and O–H groups in total. The van der Waals surface area contributed by atoms with E-state index >= 15 is 0 Å². The first-order chi connectivity index (χ1) is 13.1. The van der Waals surface area contributed by atoms with Crippen molar-refractivity contribution in [1.82, 2.24) is 4.37 Å². The van der Waals surface area contributed by atoms with E-state index in [-0.39, 0.29) is 0 Å². The van der Waals surface area contributed by atoms with Crippen molar-refractivity contribution in [1.29, 1.82) is 0 Å². The number of benzene rings is 1. The lowest BCUT2D eigenvalue weighted by molar-refractivity contribution is 0.309. The van der Waals surface area contributed by atoms with Gasteiger partial charge >= 0.3 is 10.2 Å². The summed E-state index contributed by atoms with van der Waals surface area (Å²) in [5.41, 5.74) is 1.02. The molecular weight excluding hydrogens is 382 g/mol. The van der Waals surface area contributed by atoms with Gasteiger partial charge in [0, 0.05) is 12.4 Å². The van der Waals surface area contributed by atoms with Crippen LogP contribution in [0.3, 0.4) is 0 Å². The maximum Gasteiger partial charge on any atom is 0.362 e. The van der Waals surface area contributed by atoms with Crippen LogP contribution < -0.4 is 4.74 Å². The van der Waals surface area contributed by atoms with Crippen LogP contribution in [0.15, 0.2) is 63.6 Å². The summed E-state index contributed by atoms with van der Waals surface area (Å²) in [5, 5.41) is 0. The molecule has 0 fully saturated rings. The van der Waals surface area contributed by atoms with Crippen molar-refractivity contribution in [2.45, 2.75) is 19.8 Å². The summed E-state index contributed by atoms with van der Waals surface area (Å²) in [4.78, 5) is 0.647. The Hall–Kier alpha value is -2.58. The first-order valence-electron chi connectivity index (χ1n) is 8.41. The molecule has 1 aromatic carbocycles. The third kappa shape index (κ3) is 8.57. The van der Waals surface area contributed by atoms with Crippen molar-refractivity contribution in [2.75, 3.05) is 6.61 Å². The van der Waals surface area contributed by atoms with Gasteiger partial charge in [-0.2, -0.15) is 17.2 Å². The van der Waals surface area contributed by atoms with Gasteiger partial charge in [-0.15, -0.1) is 0 Å². The highest BCUT2D eigenvalue weighted by atomic mass is 32.2. The molecule has 0 aliphatic rings. The summed E-state index contributed by atoms with van der Waals surface area (Å²) in [6, 6.07) is 9.43. The van der Waals surface area contributed by atoms with Gasteiger partial charge in [-0.25, -0.2) is 4.37 Å². The minimum Gasteiger partial charge on any atom is -0.494 e. The Morgan fingerprint density at radius 1 is 1.11 bits per heavy atom. The fraction of sp³-hybridized carbons (Fsp3) is 0.211. The Balaban J connectivity index is 1.81. The SMILES string of the molecule is CCCCOc1ccc(C=CC=CC=NS(=O)(=O)N=Cc2ccns2)cc1. The molecule has 0 radical (unpaired) electrons. The van der Waals surface area contributed by atoms with Gasteiger partial charge < -0.3 is 4.74 Å². The van der Waals surface area contributed by atoms with Crippen LogP contribution in [0.25, 0.3) is 6.08 Å². The monoisotopic (exact) mass is 403 g/mol. The molecule has 6 nitrogen and oxygen atoms in total. The van der Waals surface area contributed by atoms with Gasteiger partial charge in [0.15, 0.2) is 0 Å². The highest BCUT2D eigenvalue weighted by Gasteiger charge is 2.01. The number of unbranched alkanes of at least 4 members (excludes halogenated alkanes) is 1. The van der Waals surface area contributed by atoms with Gasteiger partial charge in [0.2, 0.25) is 0 Å². The normalized spacial score (nSPS) is 12.8. The van der Waals surface area contributed by atoms with Crippen molar-refractivity contribution in [2.24, 2.45) is 8.80 Å². The third-order valence-corrected chi connectivity index (χ3v) is 4.65. The van der Waals surface area contributed by atoms with Crippen LogP contribution >= 0.6 is 11.5 Å². The second-order valence-corrected chi connectivity index (χ2v) is 7.55. The zero-order chi connectivity index (χ0) is 19.4. The Bertz CT molecular complexity index is 898. The lowest BCUT2D eigenvalue weighted by Crippen LogP contribution is -1.95. The molecule has 142 valence electrons. The molecule has 0 saturated carbocycles. The molecule has 27 heavy (non-hydrogen) atoms. The molecule has 2 aromatic rings. The number of hydrogen-bond acceptors (Lipinski definition) is 5. The quantitative estimate of drug-likeness (QED) is 0.336. The lowest BCUT2D eigenvalue weighted by atomic mass is 10.2. The number of ether oxygens (including phenoxy) is 1. The topological polar surface area (TPSA) is 81.0 Å². The van der Waals surface area contributed by atoms with Gasteiger partial charge in [0.05, 0.1) is 17.7 Å². The van der Waals surface area contributed by atoms with Crippen LogP contribution in [0.4, 0.5) is 0 Å². The van der Waals surface area contributed by atoms with Crippen LogP contribution in [-0.4, -0.2) is 31.8 Å². The molecule has 0 atom stereocenters. The molecule has 0 saturated heterocycles. The Kier molecular flexibility index (Phi) is 8.60. The maximum absolute atomic E-state index is 11.6. The fourth-order valence-electron chi connectivity index (χ4n) is 1.84. The highest BCUT2D eigenvalue weighted by Crippen LogP contribution is 2.13. The largest absolute Gasteiger partial charge is 0.494 e. The molecule has 0 amide bonds. The number of hydrogen-bond donors (Lipinski definition) is 0. The van der Waals surface area contributed by atoms with Crippen LogP contribution in [0, 0.1) is 0 Å². The van der Waals surface area contributed by atoms with Gasteiger partial charge in [-0.3, -0.25) is 0 Å². The fourth-order valence-corrected chi connectivity index (χ4v) is 2.90. The van der Waals surface area contributed by atoms with Crippen LogP contribution in [0.1, 0.15) is 30.2 Å². The van der Waals surface area contributed by atoms with Gasteiger partial charge in [-0.1, -0.05) is 43.7 Å². The zero-order valence-electron chi connectivity index (χ0n) is 14.9. The van der Waals surface area contributed by atoms with Crippen molar-refractivity contribution in [3.8, 4) is 5.75 Å². The van der Waals surface area contributed by atoms with E-state index in [0.717, 1.165) is 42.3 Å². The van der Waals surface area contributed by atoms with E-state index in [0.29, 0.717) is 4.88 Å². The maximum atomic E-state index is 11.6. The first-order valence-corrected chi connectivity index (χ1v) is 10.6. The molecule has 1 heterocycles. The summed E-state index contributed by atoms with van der Waals surface area (Å²) in [7, 11) is -3.88. The smallest absolute Gasteiger partial charge is 0.362 e. The number of allylic oxidation sites excluding steroid dienone is 3. The lowest BCUT2D eigenvalue weighted by Gasteiger charge is -2.04. The molecule has 8 heteroatoms. The van der Waals surface area contributed by atoms with Crippen molar-refractivity contribution in [3.05, 3.63) is 65.2 Å². The third-order valence-electron chi connectivity index (χ3n) is 3.21. The minimum atomic E-state index is -3.88. The van der Waals surface area contributed by atoms with Crippen LogP contribution in [0.5, 0.6) is 5.75 Å². The summed E-state index contributed by atoms with van der Waals surface area (Å²) in [6.45, 7) is 2.85. The van der Waals surface area contributed by atoms with E-state index < -0.39 is 10.2 Å². The standard InChI is InChI=1S/C19H21N3O3S2/c1-2-3-15-25-18-10-8-17(9-11-18)7-5-4-6-13-21-27(23,24)22-16-19-12-14-20-26-19/h4-14,16H,2-3,15H2,1H3. The van der Waals surface area contributed by atoms with E-state index in [1.54, 1.807) is 24.4 Å². The average Bonchev–Trinajstić information content (AvgIpc) is 3.18. The zero-order valence-corrected chi connectivity index (χ0v) is 16.6. The molecule has 1 aromatic heterocycles. The average molecular weight is 404 g/mol. The molecule has 0 aliphatic heterocycles. The molecule has 0 spiro atoms. The summed E-state index contributed by atoms with van der Waals surface area (Å²) >= 11 is 1.16. The predicted molar refractivity (Wildman–Crippen MR) is 112 cm³/mol. The van der Waals surface area contributed by atoms with Gasteiger partial charge in [-0.05, 0) is 47.8 Å². The van der Waals surface area contributed by atoms with E-state index in [2.05, 4.69) is 20.1 Å². The predicted octanol–water partition coefficient (Wildman–Crippen LogP) is 4.33. The first kappa shape index (κ1) is 20.7. The van der Waals surface area contributed by atoms with E-state index in [9.17, 15) is 8.42 Å². The van der Waals surface area contributed by atoms with Gasteiger partial charge in [0.25, 0.3) is 0 Å². The summed E-state index contributed by atoms with van der Waals surface area (Å²) < 4.78 is 39.6. The number of rotatable bonds is 10. The van der Waals surface area contributed by atoms with Crippen molar-refractivity contribution >= 4 is 40.2 Å². The highest BCUT2D eigenvalue weighted by molar-refractivity contribution is 7.89. The number of aromatic nitrogens is 1. The van der Waals surface area contributed by atoms with Crippen LogP contribution in [0.2, 0.25) is 0 Å². The van der Waals surface area contributed by atoms with Crippen molar-refractivity contribution in [3.63, 3.8) is 0 Å². The molecule has 0 bridgehead atoms. The second-order valence-electron chi connectivity index (χ2n) is 5.37. The molecule has 0 aliphatic carbocycles. The van der Waals surface area contributed by atoms with Crippen molar-refractivity contribution < 1.29 is 13.2 Å². The molecule has 2 rings (SSSR count). The Morgan fingerprint density at radius 2 is 1.93 bits per heavy atom. The second kappa shape index (κ2) is 11.2. The Labute approximate surface area is 164 Å². The summed E-state index contributed by atoms with van der Waals surface area (Å²) in [5.74, 6) is 0.854. The summed E-state index contributed by atoms with van der Waals surface area (Å²) in [6.07, 6.45) is 13.1. The van der Waals surface area contributed by atoms with E-state index in [4.69, 9.17) is 4.74 Å². The minimum absolute atomic E-state index is 0.647.